The van der Waals surface area contributed by atoms with Crippen LogP contribution in [0.4, 0.5) is 11.4 Å². The quantitative estimate of drug-likeness (QED) is 0.870. The van der Waals surface area contributed by atoms with Gasteiger partial charge >= 0.3 is 0 Å². The highest BCUT2D eigenvalue weighted by Crippen LogP contribution is 2.29. The molecule has 2 N–H and O–H groups in total. The van der Waals surface area contributed by atoms with Crippen molar-refractivity contribution in [2.45, 2.75) is 9.79 Å². The van der Waals surface area contributed by atoms with E-state index in [1.807, 2.05) is 6.07 Å². The van der Waals surface area contributed by atoms with E-state index in [1.54, 1.807) is 42.5 Å². The summed E-state index contributed by atoms with van der Waals surface area (Å²) in [5, 5.41) is 0. The summed E-state index contributed by atoms with van der Waals surface area (Å²) in [5.41, 5.74) is 7.33. The molecule has 6 heteroatoms. The summed E-state index contributed by atoms with van der Waals surface area (Å²) in [6, 6.07) is 13.6. The molecule has 1 aliphatic rings. The first-order chi connectivity index (χ1) is 11.0. The molecule has 0 saturated carbocycles. The molecular weight excluding hydrogens is 310 g/mol. The molecule has 1 aliphatic heterocycles. The monoisotopic (exact) mass is 331 g/mol. The van der Waals surface area contributed by atoms with Gasteiger partial charge in [-0.05, 0) is 37.4 Å². The fourth-order valence-corrected chi connectivity index (χ4v) is 4.15. The van der Waals surface area contributed by atoms with Crippen molar-refractivity contribution in [3.05, 3.63) is 48.5 Å². The average Bonchev–Trinajstić information content (AvgIpc) is 2.56. The number of hydrogen-bond donors (Lipinski definition) is 1. The number of anilines is 2. The molecule has 0 unspecified atom stereocenters. The third kappa shape index (κ3) is 3.18. The van der Waals surface area contributed by atoms with Crippen molar-refractivity contribution in [2.24, 2.45) is 0 Å². The Morgan fingerprint density at radius 1 is 0.957 bits per heavy atom. The van der Waals surface area contributed by atoms with Gasteiger partial charge < -0.3 is 15.5 Å². The van der Waals surface area contributed by atoms with Gasteiger partial charge in [-0.1, -0.05) is 18.2 Å². The van der Waals surface area contributed by atoms with E-state index in [9.17, 15) is 8.42 Å². The smallest absolute Gasteiger partial charge is 0.208 e. The van der Waals surface area contributed by atoms with Crippen molar-refractivity contribution in [1.29, 1.82) is 0 Å². The molecule has 2 aromatic rings. The number of piperazine rings is 1. The molecule has 1 fully saturated rings. The normalized spacial score (nSPS) is 16.5. The van der Waals surface area contributed by atoms with Gasteiger partial charge in [-0.3, -0.25) is 0 Å². The van der Waals surface area contributed by atoms with E-state index in [1.165, 1.54) is 0 Å². The number of nitrogen functional groups attached to an aromatic ring is 1. The molecule has 0 radical (unpaired) electrons. The first-order valence-corrected chi connectivity index (χ1v) is 9.10. The third-order valence-electron chi connectivity index (χ3n) is 4.20. The van der Waals surface area contributed by atoms with Crippen LogP contribution in [0.5, 0.6) is 0 Å². The highest BCUT2D eigenvalue weighted by Gasteiger charge is 2.22. The summed E-state index contributed by atoms with van der Waals surface area (Å²) >= 11 is 0. The molecule has 122 valence electrons. The molecule has 0 amide bonds. The van der Waals surface area contributed by atoms with Crippen LogP contribution in [0.2, 0.25) is 0 Å². The molecule has 1 heterocycles. The first kappa shape index (κ1) is 15.8. The number of nitrogens with zero attached hydrogens (tertiary/aromatic N) is 2. The Morgan fingerprint density at radius 3 is 2.22 bits per heavy atom. The van der Waals surface area contributed by atoms with Crippen molar-refractivity contribution in [3.63, 3.8) is 0 Å². The predicted molar refractivity (Wildman–Crippen MR) is 92.5 cm³/mol. The highest BCUT2D eigenvalue weighted by molar-refractivity contribution is 7.91. The summed E-state index contributed by atoms with van der Waals surface area (Å²) in [6.07, 6.45) is 0. The van der Waals surface area contributed by atoms with E-state index >= 15 is 0 Å². The zero-order chi connectivity index (χ0) is 16.4. The number of nitrogens with two attached hydrogens (primary N) is 1. The summed E-state index contributed by atoms with van der Waals surface area (Å²) in [7, 11) is -1.48. The second-order valence-electron chi connectivity index (χ2n) is 5.83. The lowest BCUT2D eigenvalue weighted by Gasteiger charge is -2.34. The summed E-state index contributed by atoms with van der Waals surface area (Å²) < 4.78 is 25.4. The SMILES string of the molecule is CN1CCN(c2ccc(S(=O)(=O)c3ccccc3)c(N)c2)CC1. The first-order valence-electron chi connectivity index (χ1n) is 7.61. The van der Waals surface area contributed by atoms with E-state index in [0.717, 1.165) is 31.9 Å². The molecule has 3 rings (SSSR count). The fourth-order valence-electron chi connectivity index (χ4n) is 2.77. The van der Waals surface area contributed by atoms with Crippen molar-refractivity contribution in [1.82, 2.24) is 4.90 Å². The number of likely N-dealkylation sites (N-methyl/N-ethyl adjacent to an activating group) is 1. The van der Waals surface area contributed by atoms with E-state index in [-0.39, 0.29) is 9.79 Å². The second kappa shape index (κ2) is 6.22. The largest absolute Gasteiger partial charge is 0.398 e. The fraction of sp³-hybridized carbons (Fsp3) is 0.294. The van der Waals surface area contributed by atoms with Gasteiger partial charge in [0.15, 0.2) is 0 Å². The van der Waals surface area contributed by atoms with Crippen LogP contribution in [0.3, 0.4) is 0 Å². The Morgan fingerprint density at radius 2 is 1.61 bits per heavy atom. The molecule has 0 atom stereocenters. The van der Waals surface area contributed by atoms with Crippen LogP contribution in [0.15, 0.2) is 58.3 Å². The molecule has 0 aliphatic carbocycles. The van der Waals surface area contributed by atoms with E-state index in [4.69, 9.17) is 5.73 Å². The Labute approximate surface area is 137 Å². The molecule has 0 aromatic heterocycles. The Balaban J connectivity index is 1.91. The maximum absolute atomic E-state index is 12.7. The lowest BCUT2D eigenvalue weighted by molar-refractivity contribution is 0.313. The van der Waals surface area contributed by atoms with Crippen molar-refractivity contribution >= 4 is 21.2 Å². The average molecular weight is 331 g/mol. The van der Waals surface area contributed by atoms with Gasteiger partial charge in [0.2, 0.25) is 9.84 Å². The zero-order valence-corrected chi connectivity index (χ0v) is 14.0. The van der Waals surface area contributed by atoms with Gasteiger partial charge in [-0.2, -0.15) is 0 Å². The van der Waals surface area contributed by atoms with Crippen molar-refractivity contribution in [3.8, 4) is 0 Å². The molecule has 5 nitrogen and oxygen atoms in total. The Bertz CT molecular complexity index is 783. The molecule has 0 bridgehead atoms. The topological polar surface area (TPSA) is 66.6 Å². The maximum Gasteiger partial charge on any atom is 0.208 e. The van der Waals surface area contributed by atoms with Gasteiger partial charge in [0.05, 0.1) is 15.5 Å². The predicted octanol–water partition coefficient (Wildman–Crippen LogP) is 1.85. The minimum atomic E-state index is -3.58. The van der Waals surface area contributed by atoms with Crippen LogP contribution in [-0.4, -0.2) is 46.5 Å². The zero-order valence-electron chi connectivity index (χ0n) is 13.1. The van der Waals surface area contributed by atoms with Crippen LogP contribution in [0, 0.1) is 0 Å². The molecule has 23 heavy (non-hydrogen) atoms. The van der Waals surface area contributed by atoms with Crippen LogP contribution in [0.1, 0.15) is 0 Å². The van der Waals surface area contributed by atoms with Crippen molar-refractivity contribution < 1.29 is 8.42 Å². The molecular formula is C17H21N3O2S. The lowest BCUT2D eigenvalue weighted by atomic mass is 10.2. The maximum atomic E-state index is 12.7. The third-order valence-corrected chi connectivity index (χ3v) is 6.05. The van der Waals surface area contributed by atoms with Gasteiger partial charge in [0, 0.05) is 31.9 Å². The van der Waals surface area contributed by atoms with Gasteiger partial charge in [0.25, 0.3) is 0 Å². The van der Waals surface area contributed by atoms with Crippen LogP contribution >= 0.6 is 0 Å². The second-order valence-corrected chi connectivity index (χ2v) is 7.75. The van der Waals surface area contributed by atoms with E-state index in [2.05, 4.69) is 16.8 Å². The number of benzene rings is 2. The van der Waals surface area contributed by atoms with E-state index < -0.39 is 9.84 Å². The molecule has 1 saturated heterocycles. The number of rotatable bonds is 3. The van der Waals surface area contributed by atoms with Gasteiger partial charge in [-0.25, -0.2) is 8.42 Å². The van der Waals surface area contributed by atoms with Crippen LogP contribution in [-0.2, 0) is 9.84 Å². The highest BCUT2D eigenvalue weighted by atomic mass is 32.2. The standard InChI is InChI=1S/C17H21N3O2S/c1-19-9-11-20(12-10-19)14-7-8-17(16(18)13-14)23(21,22)15-5-3-2-4-6-15/h2-8,13H,9-12,18H2,1H3. The minimum absolute atomic E-state index is 0.168. The van der Waals surface area contributed by atoms with Gasteiger partial charge in [0.1, 0.15) is 0 Å². The van der Waals surface area contributed by atoms with E-state index in [0.29, 0.717) is 5.69 Å². The Kier molecular flexibility index (Phi) is 4.28. The summed E-state index contributed by atoms with van der Waals surface area (Å²) in [4.78, 5) is 4.93. The van der Waals surface area contributed by atoms with Crippen LogP contribution in [0.25, 0.3) is 0 Å². The number of hydrogen-bond acceptors (Lipinski definition) is 5. The van der Waals surface area contributed by atoms with Gasteiger partial charge in [-0.15, -0.1) is 0 Å². The Hall–Kier alpha value is -2.05. The van der Waals surface area contributed by atoms with Crippen molar-refractivity contribution in [2.75, 3.05) is 43.9 Å². The minimum Gasteiger partial charge on any atom is -0.398 e. The molecule has 0 spiro atoms. The number of sulfone groups is 1. The molecule has 2 aromatic carbocycles. The van der Waals surface area contributed by atoms with Crippen LogP contribution < -0.4 is 10.6 Å². The summed E-state index contributed by atoms with van der Waals surface area (Å²) in [5.74, 6) is 0. The summed E-state index contributed by atoms with van der Waals surface area (Å²) in [6.45, 7) is 3.81. The lowest BCUT2D eigenvalue weighted by Crippen LogP contribution is -2.44.